The Balaban J connectivity index is 3.51. The molecule has 1 atom stereocenters. The topological polar surface area (TPSA) is 98.5 Å². The van der Waals surface area contributed by atoms with Crippen molar-refractivity contribution in [2.75, 3.05) is 19.9 Å². The number of unbranched alkanes of at least 4 members (excludes halogenated alkanes) is 1. The molecule has 0 aliphatic carbocycles. The summed E-state index contributed by atoms with van der Waals surface area (Å²) in [5.74, 6) is -0.439. The number of nitrogens with two attached hydrogens (primary N) is 1. The maximum absolute atomic E-state index is 10.9. The first-order valence-corrected chi connectivity index (χ1v) is 6.54. The lowest BCUT2D eigenvalue weighted by Crippen LogP contribution is -2.31. The summed E-state index contributed by atoms with van der Waals surface area (Å²) in [7, 11) is -1.83. The molecular formula is C8H18N2O4S. The molecule has 0 aliphatic heterocycles. The fourth-order valence-corrected chi connectivity index (χ4v) is 1.53. The summed E-state index contributed by atoms with van der Waals surface area (Å²) in [4.78, 5) is 10.9. The number of esters is 1. The minimum Gasteiger partial charge on any atom is -0.468 e. The minimum absolute atomic E-state index is 0.368. The molecule has 0 heterocycles. The zero-order valence-corrected chi connectivity index (χ0v) is 9.84. The molecule has 0 aromatic carbocycles. The van der Waals surface area contributed by atoms with Crippen LogP contribution in [0.25, 0.3) is 0 Å². The lowest BCUT2D eigenvalue weighted by atomic mass is 10.1. The van der Waals surface area contributed by atoms with Crippen molar-refractivity contribution in [3.05, 3.63) is 0 Å². The second-order valence-corrected chi connectivity index (χ2v) is 5.12. The van der Waals surface area contributed by atoms with Crippen molar-refractivity contribution in [2.24, 2.45) is 5.73 Å². The van der Waals surface area contributed by atoms with E-state index in [9.17, 15) is 13.2 Å². The van der Waals surface area contributed by atoms with Gasteiger partial charge in [-0.3, -0.25) is 4.79 Å². The predicted molar refractivity (Wildman–Crippen MR) is 56.7 cm³/mol. The van der Waals surface area contributed by atoms with Crippen molar-refractivity contribution in [2.45, 2.75) is 25.3 Å². The van der Waals surface area contributed by atoms with Gasteiger partial charge in [-0.05, 0) is 12.8 Å². The third-order valence-corrected chi connectivity index (χ3v) is 2.54. The normalized spacial score (nSPS) is 13.5. The molecule has 0 bridgehead atoms. The second-order valence-electron chi connectivity index (χ2n) is 3.29. The average Bonchev–Trinajstić information content (AvgIpc) is 2.14. The molecular weight excluding hydrogens is 220 g/mol. The summed E-state index contributed by atoms with van der Waals surface area (Å²) in [6.45, 7) is 0.368. The van der Waals surface area contributed by atoms with Crippen LogP contribution in [0.5, 0.6) is 0 Å². The number of ether oxygens (including phenoxy) is 1. The number of hydrogen-bond donors (Lipinski definition) is 2. The maximum Gasteiger partial charge on any atom is 0.322 e. The standard InChI is InChI=1S/C8H18N2O4S/c1-14-8(11)7(9)5-3-4-6-10-15(2,12)13/h7,10H,3-6,9H2,1-2H3/t7-/m0/s1. The van der Waals surface area contributed by atoms with Gasteiger partial charge >= 0.3 is 5.97 Å². The van der Waals surface area contributed by atoms with Crippen LogP contribution < -0.4 is 10.5 Å². The molecule has 0 radical (unpaired) electrons. The number of rotatable bonds is 7. The van der Waals surface area contributed by atoms with Gasteiger partial charge in [0.15, 0.2) is 0 Å². The molecule has 6 nitrogen and oxygen atoms in total. The Kier molecular flexibility index (Phi) is 6.46. The first kappa shape index (κ1) is 14.3. The van der Waals surface area contributed by atoms with Gasteiger partial charge in [0.25, 0.3) is 0 Å². The van der Waals surface area contributed by atoms with Gasteiger partial charge in [0.1, 0.15) is 6.04 Å². The highest BCUT2D eigenvalue weighted by molar-refractivity contribution is 7.88. The van der Waals surface area contributed by atoms with E-state index in [1.54, 1.807) is 0 Å². The molecule has 90 valence electrons. The number of carbonyl (C=O) groups excluding carboxylic acids is 1. The molecule has 0 saturated carbocycles. The molecule has 0 unspecified atom stereocenters. The molecule has 0 rings (SSSR count). The molecule has 0 amide bonds. The zero-order valence-electron chi connectivity index (χ0n) is 9.02. The largest absolute Gasteiger partial charge is 0.468 e. The summed E-state index contributed by atoms with van der Waals surface area (Å²) in [6, 6.07) is -0.617. The number of nitrogens with one attached hydrogen (secondary N) is 1. The van der Waals surface area contributed by atoms with E-state index in [2.05, 4.69) is 9.46 Å². The molecule has 0 saturated heterocycles. The predicted octanol–water partition coefficient (Wildman–Crippen LogP) is -0.794. The van der Waals surface area contributed by atoms with Gasteiger partial charge in [-0.25, -0.2) is 13.1 Å². The minimum atomic E-state index is -3.12. The number of methoxy groups -OCH3 is 1. The van der Waals surface area contributed by atoms with E-state index in [-0.39, 0.29) is 0 Å². The second kappa shape index (κ2) is 6.76. The zero-order chi connectivity index (χ0) is 11.9. The molecule has 0 fully saturated rings. The Morgan fingerprint density at radius 1 is 1.47 bits per heavy atom. The Morgan fingerprint density at radius 2 is 2.07 bits per heavy atom. The van der Waals surface area contributed by atoms with Crippen LogP contribution in [-0.2, 0) is 19.6 Å². The highest BCUT2D eigenvalue weighted by Crippen LogP contribution is 1.99. The van der Waals surface area contributed by atoms with Crippen LogP contribution >= 0.6 is 0 Å². The van der Waals surface area contributed by atoms with E-state index >= 15 is 0 Å². The van der Waals surface area contributed by atoms with Gasteiger partial charge in [-0.15, -0.1) is 0 Å². The quantitative estimate of drug-likeness (QED) is 0.447. The number of hydrogen-bond acceptors (Lipinski definition) is 5. The highest BCUT2D eigenvalue weighted by atomic mass is 32.2. The third kappa shape index (κ3) is 8.34. The van der Waals surface area contributed by atoms with E-state index in [0.29, 0.717) is 25.8 Å². The van der Waals surface area contributed by atoms with E-state index in [1.807, 2.05) is 0 Å². The summed E-state index contributed by atoms with van der Waals surface area (Å²) in [5, 5.41) is 0. The smallest absolute Gasteiger partial charge is 0.322 e. The van der Waals surface area contributed by atoms with Crippen molar-refractivity contribution in [1.82, 2.24) is 4.72 Å². The van der Waals surface area contributed by atoms with Crippen LogP contribution in [0.2, 0.25) is 0 Å². The summed E-state index contributed by atoms with van der Waals surface area (Å²) in [6.07, 6.45) is 2.93. The molecule has 0 spiro atoms. The van der Waals surface area contributed by atoms with Gasteiger partial charge in [-0.2, -0.15) is 0 Å². The SMILES string of the molecule is COC(=O)[C@@H](N)CCCCNS(C)(=O)=O. The molecule has 3 N–H and O–H groups in total. The molecule has 0 aliphatic rings. The fraction of sp³-hybridized carbons (Fsp3) is 0.875. The summed E-state index contributed by atoms with van der Waals surface area (Å²) >= 11 is 0. The van der Waals surface area contributed by atoms with Gasteiger partial charge in [0.05, 0.1) is 13.4 Å². The van der Waals surface area contributed by atoms with Crippen LogP contribution in [0.3, 0.4) is 0 Å². The van der Waals surface area contributed by atoms with E-state index < -0.39 is 22.0 Å². The third-order valence-electron chi connectivity index (χ3n) is 1.81. The van der Waals surface area contributed by atoms with Gasteiger partial charge in [0, 0.05) is 6.54 Å². The van der Waals surface area contributed by atoms with Crippen LogP contribution in [0.4, 0.5) is 0 Å². The van der Waals surface area contributed by atoms with Crippen LogP contribution in [0.15, 0.2) is 0 Å². The Bertz CT molecular complexity index is 289. The maximum atomic E-state index is 10.9. The highest BCUT2D eigenvalue weighted by Gasteiger charge is 2.12. The van der Waals surface area contributed by atoms with Gasteiger partial charge in [-0.1, -0.05) is 6.42 Å². The number of sulfonamides is 1. The van der Waals surface area contributed by atoms with E-state index in [4.69, 9.17) is 5.73 Å². The van der Waals surface area contributed by atoms with Gasteiger partial charge in [0.2, 0.25) is 10.0 Å². The average molecular weight is 238 g/mol. The van der Waals surface area contributed by atoms with Crippen molar-refractivity contribution < 1.29 is 17.9 Å². The first-order valence-electron chi connectivity index (χ1n) is 4.65. The van der Waals surface area contributed by atoms with Crippen molar-refractivity contribution in [3.63, 3.8) is 0 Å². The van der Waals surface area contributed by atoms with Crippen molar-refractivity contribution in [3.8, 4) is 0 Å². The summed E-state index contributed by atoms with van der Waals surface area (Å²) in [5.41, 5.74) is 5.48. The van der Waals surface area contributed by atoms with Crippen molar-refractivity contribution >= 4 is 16.0 Å². The van der Waals surface area contributed by atoms with E-state index in [0.717, 1.165) is 6.26 Å². The summed E-state index contributed by atoms with van der Waals surface area (Å²) < 4.78 is 28.1. The Morgan fingerprint density at radius 3 is 2.53 bits per heavy atom. The molecule has 15 heavy (non-hydrogen) atoms. The fourth-order valence-electron chi connectivity index (χ4n) is 1.02. The van der Waals surface area contributed by atoms with Gasteiger partial charge < -0.3 is 10.5 Å². The lowest BCUT2D eigenvalue weighted by molar-refractivity contribution is -0.142. The van der Waals surface area contributed by atoms with Crippen molar-refractivity contribution in [1.29, 1.82) is 0 Å². The first-order chi connectivity index (χ1) is 6.87. The molecule has 0 aromatic heterocycles. The number of carbonyl (C=O) groups is 1. The Hall–Kier alpha value is -0.660. The monoisotopic (exact) mass is 238 g/mol. The van der Waals surface area contributed by atoms with Crippen LogP contribution in [0.1, 0.15) is 19.3 Å². The van der Waals surface area contributed by atoms with Crippen LogP contribution in [0, 0.1) is 0 Å². The molecule has 7 heteroatoms. The Labute approximate surface area is 90.2 Å². The van der Waals surface area contributed by atoms with E-state index in [1.165, 1.54) is 7.11 Å². The molecule has 0 aromatic rings. The lowest BCUT2D eigenvalue weighted by Gasteiger charge is -2.08. The van der Waals surface area contributed by atoms with Crippen LogP contribution in [-0.4, -0.2) is 40.3 Å².